The average Bonchev–Trinajstić information content (AvgIpc) is 2.61. The summed E-state index contributed by atoms with van der Waals surface area (Å²) < 4.78 is 43.6. The molecule has 0 aliphatic heterocycles. The van der Waals surface area contributed by atoms with Gasteiger partial charge >= 0.3 is 41.5 Å². The Hall–Kier alpha value is -1.01. The van der Waals surface area contributed by atoms with Gasteiger partial charge in [-0.25, -0.2) is 18.0 Å². The van der Waals surface area contributed by atoms with E-state index >= 15 is 0 Å². The van der Waals surface area contributed by atoms with E-state index in [0.717, 1.165) is 18.2 Å². The zero-order chi connectivity index (χ0) is 19.6. The fraction of sp³-hybridized carbons (Fsp3) is 0.500. The number of carbonyl (C=O) groups excluding carboxylic acids is 2. The molecule has 0 amide bonds. The standard InChI is InChI=1S/C16H22O9S.Na/c17-5-1-3-7-24-15(19)12-9-13(11-14(10-12)26(21,22)23)16(20)25-8-4-2-6-18;/h9-11,17-18H,1-8H2,(H,21,22,23);/q;+1/p-1. The van der Waals surface area contributed by atoms with Crippen LogP contribution in [0.15, 0.2) is 23.1 Å². The third kappa shape index (κ3) is 9.65. The minimum atomic E-state index is -4.90. The number of benzene rings is 1. The number of ether oxygens (including phenoxy) is 2. The normalized spacial score (nSPS) is 10.8. The van der Waals surface area contributed by atoms with Crippen molar-refractivity contribution in [1.29, 1.82) is 0 Å². The molecule has 0 saturated heterocycles. The molecule has 9 nitrogen and oxygen atoms in total. The SMILES string of the molecule is O=C(OCCCCO)c1cc(C(=O)OCCCCO)cc(S(=O)(=O)[O-])c1.[Na+]. The van der Waals surface area contributed by atoms with E-state index in [1.165, 1.54) is 0 Å². The minimum Gasteiger partial charge on any atom is -0.744 e. The minimum absolute atomic E-state index is 0. The van der Waals surface area contributed by atoms with Crippen molar-refractivity contribution < 1.29 is 71.8 Å². The number of esters is 2. The number of aliphatic hydroxyl groups excluding tert-OH is 2. The number of hydrogen-bond donors (Lipinski definition) is 2. The van der Waals surface area contributed by atoms with E-state index in [2.05, 4.69) is 0 Å². The van der Waals surface area contributed by atoms with E-state index in [0.29, 0.717) is 25.7 Å². The van der Waals surface area contributed by atoms with Gasteiger partial charge in [-0.2, -0.15) is 0 Å². The Labute approximate surface area is 179 Å². The fourth-order valence-corrected chi connectivity index (χ4v) is 2.45. The molecule has 2 N–H and O–H groups in total. The molecule has 0 heterocycles. The molecule has 1 aromatic rings. The van der Waals surface area contributed by atoms with Crippen LogP contribution < -0.4 is 29.6 Å². The third-order valence-electron chi connectivity index (χ3n) is 3.24. The van der Waals surface area contributed by atoms with Crippen LogP contribution in [0.2, 0.25) is 0 Å². The zero-order valence-electron chi connectivity index (χ0n) is 15.0. The second kappa shape index (κ2) is 13.2. The van der Waals surface area contributed by atoms with Crippen LogP contribution in [0.4, 0.5) is 0 Å². The molecule has 0 unspecified atom stereocenters. The molecule has 0 radical (unpaired) electrons. The number of hydrogen-bond acceptors (Lipinski definition) is 9. The Morgan fingerprint density at radius 1 is 0.852 bits per heavy atom. The van der Waals surface area contributed by atoms with Crippen LogP contribution in [-0.2, 0) is 19.6 Å². The molecule has 0 spiro atoms. The van der Waals surface area contributed by atoms with Gasteiger partial charge in [0.25, 0.3) is 0 Å². The van der Waals surface area contributed by atoms with Crippen LogP contribution in [-0.4, -0.2) is 61.5 Å². The van der Waals surface area contributed by atoms with Crippen molar-refractivity contribution in [2.75, 3.05) is 26.4 Å². The van der Waals surface area contributed by atoms with Crippen molar-refractivity contribution in [2.24, 2.45) is 0 Å². The maximum atomic E-state index is 12.0. The van der Waals surface area contributed by atoms with Gasteiger partial charge < -0.3 is 24.2 Å². The van der Waals surface area contributed by atoms with Gasteiger partial charge in [0, 0.05) is 13.2 Å². The topological polar surface area (TPSA) is 150 Å². The van der Waals surface area contributed by atoms with Crippen molar-refractivity contribution in [1.82, 2.24) is 0 Å². The molecule has 0 bridgehead atoms. The molecule has 1 rings (SSSR count). The molecule has 0 aliphatic carbocycles. The van der Waals surface area contributed by atoms with Gasteiger partial charge in [0.05, 0.1) is 29.2 Å². The Morgan fingerprint density at radius 3 is 1.59 bits per heavy atom. The summed E-state index contributed by atoms with van der Waals surface area (Å²) in [6.07, 6.45) is 1.66. The Morgan fingerprint density at radius 2 is 1.26 bits per heavy atom. The van der Waals surface area contributed by atoms with E-state index in [9.17, 15) is 22.6 Å². The first-order valence-corrected chi connectivity index (χ1v) is 9.37. The van der Waals surface area contributed by atoms with E-state index < -0.39 is 27.0 Å². The molecular weight excluding hydrogens is 391 g/mol. The zero-order valence-corrected chi connectivity index (χ0v) is 17.9. The molecule has 0 atom stereocenters. The summed E-state index contributed by atoms with van der Waals surface area (Å²) in [4.78, 5) is 23.3. The molecule has 0 aromatic heterocycles. The maximum absolute atomic E-state index is 12.0. The summed E-state index contributed by atoms with van der Waals surface area (Å²) in [5, 5.41) is 17.3. The second-order valence-corrected chi connectivity index (χ2v) is 6.71. The summed E-state index contributed by atoms with van der Waals surface area (Å²) in [5.74, 6) is -1.80. The van der Waals surface area contributed by atoms with Gasteiger partial charge in [-0.3, -0.25) is 0 Å². The molecule has 146 valence electrons. The van der Waals surface area contributed by atoms with Crippen molar-refractivity contribution in [3.63, 3.8) is 0 Å². The Kier molecular flexibility index (Phi) is 12.7. The van der Waals surface area contributed by atoms with Crippen LogP contribution in [0.25, 0.3) is 0 Å². The first kappa shape index (κ1) is 26.0. The van der Waals surface area contributed by atoms with Crippen molar-refractivity contribution in [2.45, 2.75) is 30.6 Å². The van der Waals surface area contributed by atoms with Crippen molar-refractivity contribution in [3.05, 3.63) is 29.3 Å². The smallest absolute Gasteiger partial charge is 0.744 e. The molecule has 0 fully saturated rings. The molecule has 27 heavy (non-hydrogen) atoms. The third-order valence-corrected chi connectivity index (χ3v) is 4.05. The summed E-state index contributed by atoms with van der Waals surface area (Å²) in [6, 6.07) is 2.75. The summed E-state index contributed by atoms with van der Waals surface area (Å²) in [5.41, 5.74) is -0.540. The van der Waals surface area contributed by atoms with E-state index in [4.69, 9.17) is 19.7 Å². The van der Waals surface area contributed by atoms with Crippen LogP contribution in [0.5, 0.6) is 0 Å². The van der Waals surface area contributed by atoms with Gasteiger partial charge in [0.1, 0.15) is 10.1 Å². The summed E-state index contributed by atoms with van der Waals surface area (Å²) >= 11 is 0. The number of aliphatic hydroxyl groups is 2. The van der Waals surface area contributed by atoms with E-state index in [-0.39, 0.29) is 67.1 Å². The predicted molar refractivity (Wildman–Crippen MR) is 87.6 cm³/mol. The molecular formula is C16H21NaO9S. The first-order chi connectivity index (χ1) is 12.3. The largest absolute Gasteiger partial charge is 1.00 e. The number of unbranched alkanes of at least 4 members (excludes halogenated alkanes) is 2. The summed E-state index contributed by atoms with van der Waals surface area (Å²) in [7, 11) is -4.90. The van der Waals surface area contributed by atoms with Gasteiger partial charge in [0.2, 0.25) is 0 Å². The van der Waals surface area contributed by atoms with Gasteiger partial charge in [0.15, 0.2) is 0 Å². The molecule has 1 aromatic carbocycles. The Bertz CT molecular complexity index is 676. The van der Waals surface area contributed by atoms with Crippen molar-refractivity contribution >= 4 is 22.1 Å². The van der Waals surface area contributed by atoms with Crippen LogP contribution in [0.1, 0.15) is 46.4 Å². The number of carbonyl (C=O) groups is 2. The predicted octanol–water partition coefficient (Wildman–Crippen LogP) is -2.55. The fourth-order valence-electron chi connectivity index (χ4n) is 1.90. The maximum Gasteiger partial charge on any atom is 1.00 e. The van der Waals surface area contributed by atoms with Crippen LogP contribution >= 0.6 is 0 Å². The van der Waals surface area contributed by atoms with Gasteiger partial charge in [-0.05, 0) is 43.9 Å². The number of rotatable bonds is 11. The second-order valence-electron chi connectivity index (χ2n) is 5.33. The van der Waals surface area contributed by atoms with Crippen molar-refractivity contribution in [3.8, 4) is 0 Å². The molecule has 0 aliphatic rings. The Balaban J connectivity index is 0.00000676. The van der Waals surface area contributed by atoms with Crippen LogP contribution in [0, 0.1) is 0 Å². The van der Waals surface area contributed by atoms with Crippen LogP contribution in [0.3, 0.4) is 0 Å². The average molecular weight is 412 g/mol. The van der Waals surface area contributed by atoms with Gasteiger partial charge in [-0.15, -0.1) is 0 Å². The monoisotopic (exact) mass is 412 g/mol. The first-order valence-electron chi connectivity index (χ1n) is 7.96. The molecule has 11 heteroatoms. The summed E-state index contributed by atoms with van der Waals surface area (Å²) in [6.45, 7) is -0.134. The quantitative estimate of drug-likeness (QED) is 0.173. The molecule has 0 saturated carbocycles. The van der Waals surface area contributed by atoms with E-state index in [1.807, 2.05) is 0 Å². The van der Waals surface area contributed by atoms with Gasteiger partial charge in [-0.1, -0.05) is 0 Å². The van der Waals surface area contributed by atoms with E-state index in [1.54, 1.807) is 0 Å².